The fourth-order valence-electron chi connectivity index (χ4n) is 2.35. The smallest absolute Gasteiger partial charge is 0.248 e. The van der Waals surface area contributed by atoms with Gasteiger partial charge in [0, 0.05) is 23.5 Å². The summed E-state index contributed by atoms with van der Waals surface area (Å²) in [7, 11) is 0. The molecule has 25 heavy (non-hydrogen) atoms. The third-order valence-corrected chi connectivity index (χ3v) is 3.48. The highest BCUT2D eigenvalue weighted by Gasteiger charge is 2.09. The van der Waals surface area contributed by atoms with Crippen LogP contribution in [0, 0.1) is 0 Å². The first-order chi connectivity index (χ1) is 12.3. The van der Waals surface area contributed by atoms with E-state index in [2.05, 4.69) is 15.3 Å². The Morgan fingerprint density at radius 2 is 2.08 bits per heavy atom. The van der Waals surface area contributed by atoms with Crippen LogP contribution in [0.3, 0.4) is 0 Å². The van der Waals surface area contributed by atoms with Crippen molar-refractivity contribution in [2.45, 2.75) is 0 Å². The topological polar surface area (TPSA) is 81.2 Å². The normalized spacial score (nSPS) is 11.2. The zero-order chi connectivity index (χ0) is 17.1. The van der Waals surface area contributed by atoms with Gasteiger partial charge >= 0.3 is 0 Å². The van der Waals surface area contributed by atoms with Crippen LogP contribution in [0.2, 0.25) is 0 Å². The van der Waals surface area contributed by atoms with Gasteiger partial charge in [-0.05, 0) is 48.5 Å². The average molecular weight is 331 g/mol. The predicted octanol–water partition coefficient (Wildman–Crippen LogP) is 4.13. The van der Waals surface area contributed by atoms with Crippen LogP contribution in [-0.4, -0.2) is 15.9 Å². The summed E-state index contributed by atoms with van der Waals surface area (Å²) < 4.78 is 10.8. The monoisotopic (exact) mass is 331 g/mol. The first kappa shape index (κ1) is 14.9. The lowest BCUT2D eigenvalue weighted by molar-refractivity contribution is -0.111. The molecule has 0 atom stereocenters. The number of nitrogens with one attached hydrogen (secondary N) is 1. The SMILES string of the molecule is O=C(/C=C\c1ccco1)Nc1cccc(-c2nc3ncccc3o2)c1. The van der Waals surface area contributed by atoms with Gasteiger partial charge in [0.1, 0.15) is 5.76 Å². The van der Waals surface area contributed by atoms with Crippen molar-refractivity contribution in [3.8, 4) is 11.5 Å². The number of hydrogen-bond acceptors (Lipinski definition) is 5. The number of rotatable bonds is 4. The molecule has 0 aliphatic heterocycles. The molecule has 1 aromatic carbocycles. The van der Waals surface area contributed by atoms with E-state index in [0.29, 0.717) is 28.6 Å². The van der Waals surface area contributed by atoms with E-state index in [-0.39, 0.29) is 5.91 Å². The quantitative estimate of drug-likeness (QED) is 0.569. The second-order valence-corrected chi connectivity index (χ2v) is 5.26. The van der Waals surface area contributed by atoms with E-state index in [1.807, 2.05) is 18.2 Å². The van der Waals surface area contributed by atoms with Gasteiger partial charge in [-0.25, -0.2) is 4.98 Å². The van der Waals surface area contributed by atoms with Gasteiger partial charge in [0.2, 0.25) is 11.8 Å². The highest BCUT2D eigenvalue weighted by molar-refractivity contribution is 6.02. The minimum Gasteiger partial charge on any atom is -0.465 e. The number of aromatic nitrogens is 2. The standard InChI is InChI=1S/C19H13N3O3/c23-17(9-8-15-6-3-11-24-15)21-14-5-1-4-13(12-14)19-22-18-16(25-19)7-2-10-20-18/h1-12H,(H,21,23)/b9-8-. The lowest BCUT2D eigenvalue weighted by Gasteiger charge is -2.03. The summed E-state index contributed by atoms with van der Waals surface area (Å²) in [6.07, 6.45) is 6.23. The van der Waals surface area contributed by atoms with Crippen LogP contribution in [0.25, 0.3) is 28.8 Å². The van der Waals surface area contributed by atoms with Crippen LogP contribution in [0.4, 0.5) is 5.69 Å². The van der Waals surface area contributed by atoms with Crippen molar-refractivity contribution >= 4 is 28.9 Å². The van der Waals surface area contributed by atoms with Crippen LogP contribution in [-0.2, 0) is 4.79 Å². The molecule has 0 aliphatic rings. The fourth-order valence-corrected chi connectivity index (χ4v) is 2.35. The lowest BCUT2D eigenvalue weighted by atomic mass is 10.2. The van der Waals surface area contributed by atoms with Crippen molar-refractivity contribution in [2.24, 2.45) is 0 Å². The van der Waals surface area contributed by atoms with Crippen LogP contribution in [0.15, 0.2) is 75.9 Å². The van der Waals surface area contributed by atoms with Crippen LogP contribution < -0.4 is 5.32 Å². The van der Waals surface area contributed by atoms with E-state index in [0.717, 1.165) is 5.56 Å². The Kier molecular flexibility index (Phi) is 3.84. The van der Waals surface area contributed by atoms with Gasteiger partial charge in [0.05, 0.1) is 6.26 Å². The second kappa shape index (κ2) is 6.45. The summed E-state index contributed by atoms with van der Waals surface area (Å²) in [6.45, 7) is 0. The molecule has 4 aromatic rings. The number of carbonyl (C=O) groups is 1. The Bertz CT molecular complexity index is 1020. The number of amides is 1. The van der Waals surface area contributed by atoms with Gasteiger partial charge in [-0.15, -0.1) is 0 Å². The van der Waals surface area contributed by atoms with E-state index < -0.39 is 0 Å². The molecule has 6 heteroatoms. The number of pyridine rings is 1. The molecule has 3 heterocycles. The number of anilines is 1. The second-order valence-electron chi connectivity index (χ2n) is 5.26. The molecule has 4 rings (SSSR count). The number of benzene rings is 1. The summed E-state index contributed by atoms with van der Waals surface area (Å²) >= 11 is 0. The van der Waals surface area contributed by atoms with E-state index >= 15 is 0 Å². The maximum absolute atomic E-state index is 12.0. The number of nitrogens with zero attached hydrogens (tertiary/aromatic N) is 2. The summed E-state index contributed by atoms with van der Waals surface area (Å²) in [5.74, 6) is 0.812. The number of fused-ring (bicyclic) bond motifs is 1. The minimum absolute atomic E-state index is 0.257. The van der Waals surface area contributed by atoms with Gasteiger partial charge in [0.15, 0.2) is 11.2 Å². The molecule has 0 unspecified atom stereocenters. The molecule has 1 amide bonds. The molecular weight excluding hydrogens is 318 g/mol. The summed E-state index contributed by atoms with van der Waals surface area (Å²) in [6, 6.07) is 14.4. The Morgan fingerprint density at radius 3 is 2.92 bits per heavy atom. The third-order valence-electron chi connectivity index (χ3n) is 3.48. The van der Waals surface area contributed by atoms with E-state index in [9.17, 15) is 4.79 Å². The maximum Gasteiger partial charge on any atom is 0.248 e. The zero-order valence-electron chi connectivity index (χ0n) is 13.0. The number of oxazole rings is 1. The number of hydrogen-bond donors (Lipinski definition) is 1. The summed E-state index contributed by atoms with van der Waals surface area (Å²) in [5, 5.41) is 2.80. The molecule has 0 fully saturated rings. The molecule has 0 radical (unpaired) electrons. The van der Waals surface area contributed by atoms with Crippen molar-refractivity contribution in [3.63, 3.8) is 0 Å². The van der Waals surface area contributed by atoms with Gasteiger partial charge in [-0.1, -0.05) is 6.07 Å². The van der Waals surface area contributed by atoms with Gasteiger partial charge in [0.25, 0.3) is 0 Å². The molecule has 1 N–H and O–H groups in total. The summed E-state index contributed by atoms with van der Waals surface area (Å²) in [5.41, 5.74) is 2.56. The molecule has 0 aliphatic carbocycles. The lowest BCUT2D eigenvalue weighted by Crippen LogP contribution is -2.07. The predicted molar refractivity (Wildman–Crippen MR) is 93.6 cm³/mol. The van der Waals surface area contributed by atoms with Crippen molar-refractivity contribution in [3.05, 3.63) is 72.8 Å². The maximum atomic E-state index is 12.0. The number of furan rings is 1. The minimum atomic E-state index is -0.257. The Labute approximate surface area is 142 Å². The van der Waals surface area contributed by atoms with Crippen LogP contribution >= 0.6 is 0 Å². The van der Waals surface area contributed by atoms with Gasteiger partial charge in [-0.2, -0.15) is 4.98 Å². The molecule has 0 saturated heterocycles. The van der Waals surface area contributed by atoms with E-state index in [1.54, 1.807) is 48.9 Å². The molecular formula is C19H13N3O3. The Hall–Kier alpha value is -3.67. The first-order valence-electron chi connectivity index (χ1n) is 7.62. The fraction of sp³-hybridized carbons (Fsp3) is 0. The molecule has 6 nitrogen and oxygen atoms in total. The Balaban J connectivity index is 1.54. The van der Waals surface area contributed by atoms with Crippen molar-refractivity contribution in [1.82, 2.24) is 9.97 Å². The first-order valence-corrected chi connectivity index (χ1v) is 7.62. The zero-order valence-corrected chi connectivity index (χ0v) is 13.0. The molecule has 3 aromatic heterocycles. The van der Waals surface area contributed by atoms with E-state index in [4.69, 9.17) is 8.83 Å². The van der Waals surface area contributed by atoms with Gasteiger partial charge < -0.3 is 14.2 Å². The highest BCUT2D eigenvalue weighted by atomic mass is 16.3. The molecule has 122 valence electrons. The largest absolute Gasteiger partial charge is 0.465 e. The third kappa shape index (κ3) is 3.32. The number of carbonyl (C=O) groups excluding carboxylic acids is 1. The van der Waals surface area contributed by atoms with E-state index in [1.165, 1.54) is 6.08 Å². The van der Waals surface area contributed by atoms with Crippen molar-refractivity contribution in [2.75, 3.05) is 5.32 Å². The van der Waals surface area contributed by atoms with Crippen LogP contribution in [0.1, 0.15) is 5.76 Å². The molecule has 0 bridgehead atoms. The molecule has 0 spiro atoms. The molecule has 0 saturated carbocycles. The summed E-state index contributed by atoms with van der Waals surface area (Å²) in [4.78, 5) is 20.5. The van der Waals surface area contributed by atoms with Crippen molar-refractivity contribution in [1.29, 1.82) is 0 Å². The van der Waals surface area contributed by atoms with Crippen LogP contribution in [0.5, 0.6) is 0 Å². The Morgan fingerprint density at radius 1 is 1.12 bits per heavy atom. The average Bonchev–Trinajstić information content (AvgIpc) is 3.29. The van der Waals surface area contributed by atoms with Crippen molar-refractivity contribution < 1.29 is 13.6 Å². The van der Waals surface area contributed by atoms with Gasteiger partial charge in [-0.3, -0.25) is 4.79 Å². The highest BCUT2D eigenvalue weighted by Crippen LogP contribution is 2.25.